The minimum absolute atomic E-state index is 0.112. The van der Waals surface area contributed by atoms with Crippen molar-refractivity contribution in [1.29, 1.82) is 0 Å². The van der Waals surface area contributed by atoms with Crippen LogP contribution in [0.25, 0.3) is 10.8 Å². The van der Waals surface area contributed by atoms with Crippen LogP contribution in [-0.4, -0.2) is 41.8 Å². The molecule has 3 aromatic rings. The van der Waals surface area contributed by atoms with E-state index in [4.69, 9.17) is 13.8 Å². The van der Waals surface area contributed by atoms with Gasteiger partial charge in [-0.05, 0) is 54.7 Å². The predicted octanol–water partition coefficient (Wildman–Crippen LogP) is 7.57. The van der Waals surface area contributed by atoms with E-state index in [2.05, 4.69) is 0 Å². The highest BCUT2D eigenvalue weighted by atomic mass is 32.2. The minimum Gasteiger partial charge on any atom is -0.465 e. The van der Waals surface area contributed by atoms with E-state index in [1.54, 1.807) is 20.8 Å². The Balaban J connectivity index is 2.09. The summed E-state index contributed by atoms with van der Waals surface area (Å²) in [6.07, 6.45) is -0.894. The summed E-state index contributed by atoms with van der Waals surface area (Å²) in [5.74, 6) is -0.727. The van der Waals surface area contributed by atoms with Crippen LogP contribution in [0.4, 0.5) is 0 Å². The highest BCUT2D eigenvalue weighted by Gasteiger charge is 2.50. The number of esters is 1. The van der Waals surface area contributed by atoms with E-state index in [0.717, 1.165) is 21.9 Å². The minimum atomic E-state index is -3.88. The molecular formula is C30H39O6PS. The average Bonchev–Trinajstić information content (AvgIpc) is 2.91. The fraction of sp³-hybridized carbons (Fsp3) is 0.433. The molecule has 0 heterocycles. The van der Waals surface area contributed by atoms with Gasteiger partial charge in [-0.25, -0.2) is 0 Å². The second-order valence-corrected chi connectivity index (χ2v) is 12.8. The van der Waals surface area contributed by atoms with E-state index in [-0.39, 0.29) is 25.7 Å². The number of rotatable bonds is 14. The van der Waals surface area contributed by atoms with Crippen molar-refractivity contribution in [3.63, 3.8) is 0 Å². The second kappa shape index (κ2) is 14.3. The van der Waals surface area contributed by atoms with Gasteiger partial charge in [0.2, 0.25) is 0 Å². The van der Waals surface area contributed by atoms with Crippen molar-refractivity contribution in [2.75, 3.05) is 19.8 Å². The van der Waals surface area contributed by atoms with E-state index in [1.807, 2.05) is 86.6 Å². The number of hydrogen-bond donors (Lipinski definition) is 1. The van der Waals surface area contributed by atoms with Crippen molar-refractivity contribution in [2.45, 2.75) is 56.9 Å². The molecule has 206 valence electrons. The van der Waals surface area contributed by atoms with Gasteiger partial charge < -0.3 is 18.9 Å². The number of benzene rings is 3. The Hall–Kier alpha value is -2.15. The van der Waals surface area contributed by atoms with Gasteiger partial charge in [-0.15, -0.1) is 11.8 Å². The van der Waals surface area contributed by atoms with Crippen molar-refractivity contribution in [2.24, 2.45) is 5.92 Å². The average molecular weight is 559 g/mol. The number of ether oxygens (including phenoxy) is 1. The van der Waals surface area contributed by atoms with Crippen LogP contribution in [-0.2, 0) is 23.1 Å². The van der Waals surface area contributed by atoms with Crippen molar-refractivity contribution in [3.05, 3.63) is 83.9 Å². The Morgan fingerprint density at radius 3 is 2.03 bits per heavy atom. The van der Waals surface area contributed by atoms with Crippen LogP contribution in [0.2, 0.25) is 0 Å². The Bertz CT molecular complexity index is 1210. The molecule has 8 heteroatoms. The summed E-state index contributed by atoms with van der Waals surface area (Å²) in [6.45, 7) is 9.51. The zero-order valence-electron chi connectivity index (χ0n) is 22.8. The molecule has 4 unspecified atom stereocenters. The topological polar surface area (TPSA) is 82.1 Å². The molecule has 0 radical (unpaired) electrons. The third kappa shape index (κ3) is 7.28. The van der Waals surface area contributed by atoms with E-state index >= 15 is 0 Å². The fourth-order valence-electron chi connectivity index (χ4n) is 4.54. The number of carbonyl (C=O) groups excluding carboxylic acids is 1. The van der Waals surface area contributed by atoms with Crippen LogP contribution in [0.15, 0.2) is 72.8 Å². The van der Waals surface area contributed by atoms with Crippen LogP contribution in [0.3, 0.4) is 0 Å². The molecule has 0 aliphatic carbocycles. The van der Waals surface area contributed by atoms with E-state index < -0.39 is 35.8 Å². The van der Waals surface area contributed by atoms with Gasteiger partial charge in [0.25, 0.3) is 0 Å². The van der Waals surface area contributed by atoms with E-state index in [9.17, 15) is 14.5 Å². The van der Waals surface area contributed by atoms with Crippen LogP contribution in [0.5, 0.6) is 0 Å². The van der Waals surface area contributed by atoms with Gasteiger partial charge >= 0.3 is 13.6 Å². The Morgan fingerprint density at radius 1 is 0.842 bits per heavy atom. The first-order chi connectivity index (χ1) is 18.3. The lowest BCUT2D eigenvalue weighted by Crippen LogP contribution is -2.39. The maximum absolute atomic E-state index is 14.1. The lowest BCUT2D eigenvalue weighted by molar-refractivity contribution is -0.143. The van der Waals surface area contributed by atoms with E-state index in [1.165, 1.54) is 11.8 Å². The predicted molar refractivity (Wildman–Crippen MR) is 156 cm³/mol. The first-order valence-corrected chi connectivity index (χ1v) is 15.7. The second-order valence-electron chi connectivity index (χ2n) is 9.30. The quantitative estimate of drug-likeness (QED) is 0.161. The highest BCUT2D eigenvalue weighted by molar-refractivity contribution is 8.00. The molecule has 0 aliphatic rings. The molecule has 1 N–H and O–H groups in total. The Kier molecular flexibility index (Phi) is 11.4. The lowest BCUT2D eigenvalue weighted by atomic mass is 9.98. The number of hydrogen-bond acceptors (Lipinski definition) is 7. The molecule has 0 bridgehead atoms. The van der Waals surface area contributed by atoms with Crippen LogP contribution >= 0.6 is 19.4 Å². The molecule has 0 spiro atoms. The molecule has 6 nitrogen and oxygen atoms in total. The summed E-state index contributed by atoms with van der Waals surface area (Å²) in [6, 6.07) is 23.6. The SMILES string of the molecule is CCOC(=O)C(C(SC(c1ccccc1)C(O)c1ccc2ccccc2c1)C(C)C)P(=O)(OCC)OCC. The Labute approximate surface area is 230 Å². The summed E-state index contributed by atoms with van der Waals surface area (Å²) in [5, 5.41) is 12.9. The van der Waals surface area contributed by atoms with Crippen molar-refractivity contribution in [3.8, 4) is 0 Å². The first-order valence-electron chi connectivity index (χ1n) is 13.2. The summed E-state index contributed by atoms with van der Waals surface area (Å²) < 4.78 is 30.8. The zero-order chi connectivity index (χ0) is 27.7. The van der Waals surface area contributed by atoms with Gasteiger partial charge in [-0.1, -0.05) is 80.6 Å². The van der Waals surface area contributed by atoms with Crippen molar-refractivity contribution in [1.82, 2.24) is 0 Å². The summed E-state index contributed by atoms with van der Waals surface area (Å²) >= 11 is 1.42. The molecule has 0 amide bonds. The maximum atomic E-state index is 14.1. The summed E-state index contributed by atoms with van der Waals surface area (Å²) in [5.41, 5.74) is 0.509. The molecule has 0 saturated carbocycles. The Morgan fingerprint density at radius 2 is 1.45 bits per heavy atom. The number of aliphatic hydroxyl groups excluding tert-OH is 1. The molecule has 3 aromatic carbocycles. The maximum Gasteiger partial charge on any atom is 0.346 e. The molecular weight excluding hydrogens is 519 g/mol. The van der Waals surface area contributed by atoms with E-state index in [0.29, 0.717) is 0 Å². The number of fused-ring (bicyclic) bond motifs is 1. The third-order valence-corrected chi connectivity index (χ3v) is 10.9. The highest BCUT2D eigenvalue weighted by Crippen LogP contribution is 2.59. The van der Waals surface area contributed by atoms with Gasteiger partial charge in [0.15, 0.2) is 5.66 Å². The molecule has 4 atom stereocenters. The smallest absolute Gasteiger partial charge is 0.346 e. The van der Waals surface area contributed by atoms with Crippen LogP contribution < -0.4 is 0 Å². The molecule has 0 aliphatic heterocycles. The number of aliphatic hydroxyl groups is 1. The normalized spacial score (nSPS) is 15.2. The third-order valence-electron chi connectivity index (χ3n) is 6.29. The standard InChI is InChI=1S/C30H39O6PS/c1-6-34-30(32)27(37(33,35-7-2)36-8-3)28(21(4)5)38-29(23-15-10-9-11-16-23)26(31)25-19-18-22-14-12-13-17-24(22)20-25/h9-21,26-29,31H,6-8H2,1-5H3. The van der Waals surface area contributed by atoms with Crippen molar-refractivity contribution >= 4 is 36.1 Å². The van der Waals surface area contributed by atoms with Crippen LogP contribution in [0, 0.1) is 5.92 Å². The number of carbonyl (C=O) groups is 1. The molecule has 38 heavy (non-hydrogen) atoms. The van der Waals surface area contributed by atoms with Crippen LogP contribution in [0.1, 0.15) is 57.1 Å². The fourth-order valence-corrected chi connectivity index (χ4v) is 8.88. The lowest BCUT2D eigenvalue weighted by Gasteiger charge is -2.36. The molecule has 0 aromatic heterocycles. The van der Waals surface area contributed by atoms with Gasteiger partial charge in [0.05, 0.1) is 31.2 Å². The largest absolute Gasteiger partial charge is 0.465 e. The van der Waals surface area contributed by atoms with Gasteiger partial charge in [0, 0.05) is 5.25 Å². The monoisotopic (exact) mass is 558 g/mol. The summed E-state index contributed by atoms with van der Waals surface area (Å²) in [4.78, 5) is 13.4. The summed E-state index contributed by atoms with van der Waals surface area (Å²) in [7, 11) is -3.88. The molecule has 0 fully saturated rings. The molecule has 3 rings (SSSR count). The van der Waals surface area contributed by atoms with Gasteiger partial charge in [-0.3, -0.25) is 9.36 Å². The van der Waals surface area contributed by atoms with Crippen molar-refractivity contribution < 1.29 is 28.3 Å². The number of thioether (sulfide) groups is 1. The first kappa shape index (κ1) is 30.4. The van der Waals surface area contributed by atoms with Gasteiger partial charge in [0.1, 0.15) is 0 Å². The van der Waals surface area contributed by atoms with Gasteiger partial charge in [-0.2, -0.15) is 0 Å². The molecule has 0 saturated heterocycles. The zero-order valence-corrected chi connectivity index (χ0v) is 24.5.